The Morgan fingerprint density at radius 2 is 1.84 bits per heavy atom. The van der Waals surface area contributed by atoms with Gasteiger partial charge in [0.05, 0.1) is 18.0 Å². The molecule has 2 aromatic carbocycles. The number of benzene rings is 2. The van der Waals surface area contributed by atoms with Crippen LogP contribution in [0.25, 0.3) is 6.08 Å². The molecule has 2 aliphatic heterocycles. The third-order valence-corrected chi connectivity index (χ3v) is 5.52. The molecule has 4 rings (SSSR count). The highest BCUT2D eigenvalue weighted by molar-refractivity contribution is 7.80. The fourth-order valence-corrected chi connectivity index (χ4v) is 4.03. The second kappa shape index (κ2) is 8.85. The van der Waals surface area contributed by atoms with E-state index in [0.717, 1.165) is 25.9 Å². The first-order chi connectivity index (χ1) is 15.0. The van der Waals surface area contributed by atoms with Crippen LogP contribution in [0.3, 0.4) is 0 Å². The molecule has 0 aliphatic carbocycles. The predicted molar refractivity (Wildman–Crippen MR) is 122 cm³/mol. The molecular formula is C23H22FN3O3S. The summed E-state index contributed by atoms with van der Waals surface area (Å²) in [6.07, 6.45) is 3.47. The molecule has 0 atom stereocenters. The molecule has 8 heteroatoms. The maximum atomic E-state index is 14.7. The average molecular weight is 440 g/mol. The van der Waals surface area contributed by atoms with Crippen LogP contribution in [-0.2, 0) is 9.59 Å². The van der Waals surface area contributed by atoms with Crippen LogP contribution in [0.4, 0.5) is 15.8 Å². The van der Waals surface area contributed by atoms with Crippen LogP contribution in [0.1, 0.15) is 25.3 Å². The van der Waals surface area contributed by atoms with Gasteiger partial charge in [-0.05, 0) is 80.0 Å². The van der Waals surface area contributed by atoms with E-state index in [-0.39, 0.29) is 16.5 Å². The van der Waals surface area contributed by atoms with Crippen molar-refractivity contribution < 1.29 is 18.7 Å². The number of thiocarbonyl (C=S) groups is 1. The second-order valence-electron chi connectivity index (χ2n) is 7.29. The second-order valence-corrected chi connectivity index (χ2v) is 7.68. The number of rotatable bonds is 5. The fourth-order valence-electron chi connectivity index (χ4n) is 3.74. The van der Waals surface area contributed by atoms with E-state index < -0.39 is 11.8 Å². The van der Waals surface area contributed by atoms with E-state index >= 15 is 0 Å². The molecule has 0 unspecified atom stereocenters. The van der Waals surface area contributed by atoms with E-state index in [0.29, 0.717) is 29.3 Å². The molecule has 0 bridgehead atoms. The topological polar surface area (TPSA) is 61.9 Å². The number of amides is 2. The Hall–Kier alpha value is -3.26. The summed E-state index contributed by atoms with van der Waals surface area (Å²) in [4.78, 5) is 28.8. The van der Waals surface area contributed by atoms with Gasteiger partial charge >= 0.3 is 0 Å². The minimum Gasteiger partial charge on any atom is -0.494 e. The summed E-state index contributed by atoms with van der Waals surface area (Å²) in [5.74, 6) is -0.892. The van der Waals surface area contributed by atoms with E-state index in [4.69, 9.17) is 17.0 Å². The van der Waals surface area contributed by atoms with Crippen LogP contribution in [-0.4, -0.2) is 36.6 Å². The Morgan fingerprint density at radius 1 is 1.13 bits per heavy atom. The maximum Gasteiger partial charge on any atom is 0.270 e. The summed E-state index contributed by atoms with van der Waals surface area (Å²) in [6.45, 7) is 4.06. The van der Waals surface area contributed by atoms with E-state index in [9.17, 15) is 14.0 Å². The van der Waals surface area contributed by atoms with Crippen LogP contribution in [0.5, 0.6) is 5.75 Å². The van der Waals surface area contributed by atoms with Gasteiger partial charge in [0.25, 0.3) is 11.8 Å². The number of ether oxygens (including phenoxy) is 1. The zero-order chi connectivity index (χ0) is 22.0. The SMILES string of the molecule is CCOc1ccc(N2C(=O)/C(=C/c3ccc(N4CCCC4)c(F)c3)C(=O)NC2=S)cc1. The van der Waals surface area contributed by atoms with Crippen molar-refractivity contribution in [2.75, 3.05) is 29.5 Å². The first-order valence-electron chi connectivity index (χ1n) is 10.2. The van der Waals surface area contributed by atoms with Crippen molar-refractivity contribution in [1.82, 2.24) is 5.32 Å². The summed E-state index contributed by atoms with van der Waals surface area (Å²) in [6, 6.07) is 11.6. The smallest absolute Gasteiger partial charge is 0.270 e. The number of anilines is 2. The number of hydrogen-bond acceptors (Lipinski definition) is 5. The number of carbonyl (C=O) groups is 2. The van der Waals surface area contributed by atoms with Gasteiger partial charge in [0, 0.05) is 13.1 Å². The number of halogens is 1. The minimum absolute atomic E-state index is 0.00753. The van der Waals surface area contributed by atoms with Gasteiger partial charge in [-0.25, -0.2) is 4.39 Å². The number of hydrogen-bond donors (Lipinski definition) is 1. The lowest BCUT2D eigenvalue weighted by atomic mass is 10.1. The van der Waals surface area contributed by atoms with Crippen molar-refractivity contribution in [3.63, 3.8) is 0 Å². The van der Waals surface area contributed by atoms with Gasteiger partial charge in [0.15, 0.2) is 5.11 Å². The molecule has 0 saturated carbocycles. The lowest BCUT2D eigenvalue weighted by Crippen LogP contribution is -2.54. The molecule has 0 aromatic heterocycles. The molecule has 6 nitrogen and oxygen atoms in total. The average Bonchev–Trinajstić information content (AvgIpc) is 3.27. The van der Waals surface area contributed by atoms with Crippen molar-refractivity contribution in [2.24, 2.45) is 0 Å². The van der Waals surface area contributed by atoms with Crippen molar-refractivity contribution in [1.29, 1.82) is 0 Å². The van der Waals surface area contributed by atoms with Crippen LogP contribution in [0, 0.1) is 5.82 Å². The van der Waals surface area contributed by atoms with E-state index in [1.165, 1.54) is 17.0 Å². The molecule has 1 N–H and O–H groups in total. The van der Waals surface area contributed by atoms with E-state index in [2.05, 4.69) is 5.32 Å². The zero-order valence-corrected chi connectivity index (χ0v) is 17.9. The lowest BCUT2D eigenvalue weighted by molar-refractivity contribution is -0.122. The number of carbonyl (C=O) groups excluding carboxylic acids is 2. The molecule has 2 aromatic rings. The Labute approximate surface area is 185 Å². The van der Waals surface area contributed by atoms with Crippen LogP contribution in [0.15, 0.2) is 48.0 Å². The van der Waals surface area contributed by atoms with Crippen LogP contribution >= 0.6 is 12.2 Å². The Bertz CT molecular complexity index is 1060. The van der Waals surface area contributed by atoms with Gasteiger partial charge < -0.3 is 9.64 Å². The van der Waals surface area contributed by atoms with Crippen molar-refractivity contribution in [3.05, 3.63) is 59.4 Å². The first-order valence-corrected chi connectivity index (χ1v) is 10.6. The molecule has 0 radical (unpaired) electrons. The monoisotopic (exact) mass is 439 g/mol. The van der Waals surface area contributed by atoms with Crippen LogP contribution in [0.2, 0.25) is 0 Å². The largest absolute Gasteiger partial charge is 0.494 e. The molecule has 160 valence electrons. The third kappa shape index (κ3) is 4.29. The van der Waals surface area contributed by atoms with Gasteiger partial charge in [-0.15, -0.1) is 0 Å². The van der Waals surface area contributed by atoms with Crippen molar-refractivity contribution >= 4 is 46.6 Å². The van der Waals surface area contributed by atoms with E-state index in [1.807, 2.05) is 11.8 Å². The predicted octanol–water partition coefficient (Wildman–Crippen LogP) is 3.66. The normalized spacial score (nSPS) is 18.0. The Balaban J connectivity index is 1.62. The molecular weight excluding hydrogens is 417 g/mol. The quantitative estimate of drug-likeness (QED) is 0.438. The fraction of sp³-hybridized carbons (Fsp3) is 0.261. The molecule has 2 fully saturated rings. The standard InChI is InChI=1S/C23H22FN3O3S/c1-2-30-17-8-6-16(7-9-17)27-22(29)18(21(28)25-23(27)31)13-15-5-10-20(19(24)14-15)26-11-3-4-12-26/h5-10,13-14H,2-4,11-12H2,1H3,(H,25,28,31)/b18-13+. The summed E-state index contributed by atoms with van der Waals surface area (Å²) in [5.41, 5.74) is 1.35. The Morgan fingerprint density at radius 3 is 2.48 bits per heavy atom. The Kier molecular flexibility index (Phi) is 5.99. The van der Waals surface area contributed by atoms with Crippen LogP contribution < -0.4 is 19.9 Å². The molecule has 2 heterocycles. The van der Waals surface area contributed by atoms with Gasteiger partial charge in [-0.2, -0.15) is 0 Å². The lowest BCUT2D eigenvalue weighted by Gasteiger charge is -2.29. The first kappa shape index (κ1) is 21.0. The van der Waals surface area contributed by atoms with E-state index in [1.54, 1.807) is 36.4 Å². The summed E-state index contributed by atoms with van der Waals surface area (Å²) < 4.78 is 20.1. The summed E-state index contributed by atoms with van der Waals surface area (Å²) in [5, 5.41) is 2.53. The van der Waals surface area contributed by atoms with Gasteiger partial charge in [-0.3, -0.25) is 19.8 Å². The molecule has 2 amide bonds. The highest BCUT2D eigenvalue weighted by atomic mass is 32.1. The molecule has 2 saturated heterocycles. The number of nitrogens with zero attached hydrogens (tertiary/aromatic N) is 2. The highest BCUT2D eigenvalue weighted by Gasteiger charge is 2.34. The molecule has 2 aliphatic rings. The highest BCUT2D eigenvalue weighted by Crippen LogP contribution is 2.27. The number of nitrogens with one attached hydrogen (secondary N) is 1. The van der Waals surface area contributed by atoms with Gasteiger partial charge in [0.1, 0.15) is 17.1 Å². The van der Waals surface area contributed by atoms with Gasteiger partial charge in [-0.1, -0.05) is 6.07 Å². The van der Waals surface area contributed by atoms with Gasteiger partial charge in [0.2, 0.25) is 0 Å². The van der Waals surface area contributed by atoms with Crippen molar-refractivity contribution in [3.8, 4) is 5.75 Å². The zero-order valence-electron chi connectivity index (χ0n) is 17.1. The summed E-state index contributed by atoms with van der Waals surface area (Å²) >= 11 is 5.21. The molecule has 0 spiro atoms. The van der Waals surface area contributed by atoms with Crippen molar-refractivity contribution in [2.45, 2.75) is 19.8 Å². The maximum absolute atomic E-state index is 14.7. The molecule has 31 heavy (non-hydrogen) atoms. The summed E-state index contributed by atoms with van der Waals surface area (Å²) in [7, 11) is 0. The third-order valence-electron chi connectivity index (χ3n) is 5.24. The minimum atomic E-state index is -0.610.